The minimum absolute atomic E-state index is 0.151. The lowest BCUT2D eigenvalue weighted by atomic mass is 9.93. The minimum atomic E-state index is -3.46. The summed E-state index contributed by atoms with van der Waals surface area (Å²) in [6.45, 7) is 2.86. The number of sulfonamides is 1. The lowest BCUT2D eigenvalue weighted by molar-refractivity contribution is 0.192. The Balaban J connectivity index is 2.21. The number of piperidine rings is 1. The van der Waals surface area contributed by atoms with Crippen molar-refractivity contribution in [3.63, 3.8) is 0 Å². The fourth-order valence-corrected chi connectivity index (χ4v) is 4.71. The maximum absolute atomic E-state index is 13.2. The van der Waals surface area contributed by atoms with Crippen LogP contribution < -0.4 is 5.73 Å². The van der Waals surface area contributed by atoms with Gasteiger partial charge in [-0.2, -0.15) is 4.31 Å². The number of nitrogens with zero attached hydrogens (tertiary/aromatic N) is 1. The van der Waals surface area contributed by atoms with Crippen LogP contribution in [0.4, 0.5) is 4.39 Å². The van der Waals surface area contributed by atoms with E-state index in [4.69, 9.17) is 5.73 Å². The highest BCUT2D eigenvalue weighted by atomic mass is 32.2. The average Bonchev–Trinajstić information content (AvgIpc) is 2.38. The Morgan fingerprint density at radius 2 is 2.20 bits per heavy atom. The third-order valence-corrected chi connectivity index (χ3v) is 5.77. The summed E-state index contributed by atoms with van der Waals surface area (Å²) in [5, 5.41) is 0. The average molecular weight is 300 g/mol. The van der Waals surface area contributed by atoms with E-state index in [9.17, 15) is 12.8 Å². The molecule has 1 aliphatic heterocycles. The van der Waals surface area contributed by atoms with E-state index in [1.807, 2.05) is 6.92 Å². The summed E-state index contributed by atoms with van der Waals surface area (Å²) in [4.78, 5) is 0. The summed E-state index contributed by atoms with van der Waals surface area (Å²) in [7, 11) is -3.46. The Morgan fingerprint density at radius 3 is 2.85 bits per heavy atom. The molecule has 0 bridgehead atoms. The molecule has 1 fully saturated rings. The molecule has 4 nitrogen and oxygen atoms in total. The van der Waals surface area contributed by atoms with E-state index < -0.39 is 15.8 Å². The van der Waals surface area contributed by atoms with E-state index >= 15 is 0 Å². The number of benzene rings is 1. The molecule has 0 spiro atoms. The Morgan fingerprint density at radius 1 is 1.45 bits per heavy atom. The molecule has 1 saturated heterocycles. The second kappa shape index (κ2) is 6.20. The van der Waals surface area contributed by atoms with Gasteiger partial charge < -0.3 is 5.73 Å². The van der Waals surface area contributed by atoms with Crippen LogP contribution in [0.2, 0.25) is 0 Å². The number of hydrogen-bond donors (Lipinski definition) is 1. The summed E-state index contributed by atoms with van der Waals surface area (Å²) in [6.07, 6.45) is 1.84. The predicted octanol–water partition coefficient (Wildman–Crippen LogP) is 1.71. The Labute approximate surface area is 119 Å². The molecule has 2 atom stereocenters. The molecule has 1 aromatic carbocycles. The fraction of sp³-hybridized carbons (Fsp3) is 0.571. The van der Waals surface area contributed by atoms with Crippen LogP contribution >= 0.6 is 0 Å². The van der Waals surface area contributed by atoms with Crippen molar-refractivity contribution in [1.29, 1.82) is 0 Å². The molecule has 1 heterocycles. The number of rotatable bonds is 4. The van der Waals surface area contributed by atoms with Crippen LogP contribution in [0, 0.1) is 11.7 Å². The maximum Gasteiger partial charge on any atom is 0.218 e. The normalized spacial score (nSPS) is 24.8. The van der Waals surface area contributed by atoms with E-state index in [-0.39, 0.29) is 17.7 Å². The second-order valence-electron chi connectivity index (χ2n) is 5.42. The van der Waals surface area contributed by atoms with Crippen molar-refractivity contribution in [3.05, 3.63) is 35.6 Å². The van der Waals surface area contributed by atoms with Gasteiger partial charge in [-0.25, -0.2) is 12.8 Å². The molecule has 6 heteroatoms. The van der Waals surface area contributed by atoms with Gasteiger partial charge in [-0.3, -0.25) is 0 Å². The lowest BCUT2D eigenvalue weighted by Crippen LogP contribution is -2.51. The van der Waals surface area contributed by atoms with Gasteiger partial charge in [0.15, 0.2) is 0 Å². The molecule has 2 rings (SSSR count). The van der Waals surface area contributed by atoms with Gasteiger partial charge in [-0.05, 0) is 36.5 Å². The highest BCUT2D eigenvalue weighted by Crippen LogP contribution is 2.26. The first kappa shape index (κ1) is 15.4. The van der Waals surface area contributed by atoms with Gasteiger partial charge in [0.1, 0.15) is 5.82 Å². The zero-order valence-electron chi connectivity index (χ0n) is 11.6. The van der Waals surface area contributed by atoms with Gasteiger partial charge in [0, 0.05) is 19.1 Å². The monoisotopic (exact) mass is 300 g/mol. The molecule has 20 heavy (non-hydrogen) atoms. The standard InChI is InChI=1S/C14H21FN2O2S/c1-11-4-3-7-17(14(11)9-16)20(18,19)10-12-5-2-6-13(15)8-12/h2,5-6,8,11,14H,3-4,7,9-10,16H2,1H3/t11-,14+/m0/s1. The molecule has 0 unspecified atom stereocenters. The van der Waals surface area contributed by atoms with Crippen LogP contribution in [-0.4, -0.2) is 31.9 Å². The summed E-state index contributed by atoms with van der Waals surface area (Å²) in [5.74, 6) is -0.329. The largest absolute Gasteiger partial charge is 0.329 e. The van der Waals surface area contributed by atoms with E-state index in [1.165, 1.54) is 22.5 Å². The zero-order valence-corrected chi connectivity index (χ0v) is 12.4. The fourth-order valence-electron chi connectivity index (χ4n) is 2.83. The number of halogens is 1. The Kier molecular flexibility index (Phi) is 4.78. The van der Waals surface area contributed by atoms with Crippen LogP contribution in [0.5, 0.6) is 0 Å². The first-order chi connectivity index (χ1) is 9.44. The quantitative estimate of drug-likeness (QED) is 0.921. The third kappa shape index (κ3) is 3.37. The minimum Gasteiger partial charge on any atom is -0.329 e. The molecule has 1 aromatic rings. The van der Waals surface area contributed by atoms with Crippen molar-refractivity contribution in [1.82, 2.24) is 4.31 Å². The lowest BCUT2D eigenvalue weighted by Gasteiger charge is -2.38. The molecular formula is C14H21FN2O2S. The maximum atomic E-state index is 13.2. The molecule has 0 radical (unpaired) electrons. The third-order valence-electron chi connectivity index (χ3n) is 3.90. The van der Waals surface area contributed by atoms with Gasteiger partial charge in [0.25, 0.3) is 0 Å². The topological polar surface area (TPSA) is 63.4 Å². The Hall–Kier alpha value is -0.980. The van der Waals surface area contributed by atoms with Gasteiger partial charge >= 0.3 is 0 Å². The highest BCUT2D eigenvalue weighted by molar-refractivity contribution is 7.88. The second-order valence-corrected chi connectivity index (χ2v) is 7.34. The van der Waals surface area contributed by atoms with Gasteiger partial charge in [-0.1, -0.05) is 19.1 Å². The number of hydrogen-bond acceptors (Lipinski definition) is 3. The number of nitrogens with two attached hydrogens (primary N) is 1. The molecule has 1 aliphatic rings. The van der Waals surface area contributed by atoms with E-state index in [2.05, 4.69) is 0 Å². The first-order valence-corrected chi connectivity index (χ1v) is 8.49. The van der Waals surface area contributed by atoms with Crippen LogP contribution in [0.25, 0.3) is 0 Å². The van der Waals surface area contributed by atoms with Gasteiger partial charge in [0.05, 0.1) is 5.75 Å². The molecular weight excluding hydrogens is 279 g/mol. The van der Waals surface area contributed by atoms with E-state index in [0.717, 1.165) is 12.8 Å². The summed E-state index contributed by atoms with van der Waals surface area (Å²) < 4.78 is 39.7. The van der Waals surface area contributed by atoms with E-state index in [1.54, 1.807) is 6.07 Å². The van der Waals surface area contributed by atoms with Crippen molar-refractivity contribution in [2.75, 3.05) is 13.1 Å². The van der Waals surface area contributed by atoms with Crippen LogP contribution in [0.1, 0.15) is 25.3 Å². The smallest absolute Gasteiger partial charge is 0.218 e. The van der Waals surface area contributed by atoms with Crippen molar-refractivity contribution >= 4 is 10.0 Å². The summed E-state index contributed by atoms with van der Waals surface area (Å²) >= 11 is 0. The summed E-state index contributed by atoms with van der Waals surface area (Å²) in [6, 6.07) is 5.58. The van der Waals surface area contributed by atoms with Crippen LogP contribution in [0.3, 0.4) is 0 Å². The predicted molar refractivity (Wildman–Crippen MR) is 77.0 cm³/mol. The van der Waals surface area contributed by atoms with Crippen molar-refractivity contribution in [2.45, 2.75) is 31.6 Å². The van der Waals surface area contributed by atoms with Crippen LogP contribution in [-0.2, 0) is 15.8 Å². The first-order valence-electron chi connectivity index (χ1n) is 6.88. The Bertz CT molecular complexity index is 562. The molecule has 0 saturated carbocycles. The van der Waals surface area contributed by atoms with Gasteiger partial charge in [0.2, 0.25) is 10.0 Å². The molecule has 2 N–H and O–H groups in total. The van der Waals surface area contributed by atoms with E-state index in [0.29, 0.717) is 18.7 Å². The SMILES string of the molecule is C[C@H]1CCCN(S(=O)(=O)Cc2cccc(F)c2)[C@@H]1CN. The van der Waals surface area contributed by atoms with Gasteiger partial charge in [-0.15, -0.1) is 0 Å². The summed E-state index contributed by atoms with van der Waals surface area (Å²) in [5.41, 5.74) is 6.20. The molecule has 112 valence electrons. The zero-order chi connectivity index (χ0) is 14.8. The van der Waals surface area contributed by atoms with Crippen molar-refractivity contribution in [2.24, 2.45) is 11.7 Å². The highest BCUT2D eigenvalue weighted by Gasteiger charge is 2.35. The molecule has 0 amide bonds. The van der Waals surface area contributed by atoms with Crippen molar-refractivity contribution in [3.8, 4) is 0 Å². The van der Waals surface area contributed by atoms with Crippen LogP contribution in [0.15, 0.2) is 24.3 Å². The molecule has 0 aromatic heterocycles. The molecule has 0 aliphatic carbocycles. The van der Waals surface area contributed by atoms with Crippen molar-refractivity contribution < 1.29 is 12.8 Å².